The Kier molecular flexibility index (Phi) is 4.06. The maximum Gasteiger partial charge on any atom is 0.206 e. The highest BCUT2D eigenvalue weighted by Gasteiger charge is 2.17. The first-order valence-corrected chi connectivity index (χ1v) is 6.46. The normalized spacial score (nSPS) is 10.1. The van der Waals surface area contributed by atoms with E-state index in [-0.39, 0.29) is 5.78 Å². The Morgan fingerprint density at radius 2 is 1.63 bits per heavy atom. The molecule has 0 fully saturated rings. The molecule has 1 aromatic heterocycles. The minimum atomic E-state index is -0.107. The lowest BCUT2D eigenvalue weighted by Gasteiger charge is -2.08. The van der Waals surface area contributed by atoms with Crippen molar-refractivity contribution < 1.29 is 19.0 Å². The largest absolute Gasteiger partial charge is 0.497 e. The van der Waals surface area contributed by atoms with Crippen LogP contribution in [0.2, 0.25) is 0 Å². The average Bonchev–Trinajstić information content (AvgIpc) is 2.94. The molecule has 0 aliphatic carbocycles. The van der Waals surface area contributed by atoms with Gasteiger partial charge in [0.25, 0.3) is 0 Å². The smallest absolute Gasteiger partial charge is 0.206 e. The molecule has 0 N–H and O–H groups in total. The second kappa shape index (κ2) is 5.75. The van der Waals surface area contributed by atoms with Gasteiger partial charge >= 0.3 is 0 Å². The molecule has 0 aliphatic heterocycles. The Labute approximate surface area is 115 Å². The minimum absolute atomic E-state index is 0.107. The zero-order chi connectivity index (χ0) is 13.8. The van der Waals surface area contributed by atoms with Gasteiger partial charge in [-0.1, -0.05) is 0 Å². The fourth-order valence-electron chi connectivity index (χ4n) is 1.69. The van der Waals surface area contributed by atoms with E-state index in [1.165, 1.54) is 11.3 Å². The van der Waals surface area contributed by atoms with Gasteiger partial charge in [0.15, 0.2) is 0 Å². The third-order valence-corrected chi connectivity index (χ3v) is 3.56. The monoisotopic (exact) mass is 278 g/mol. The number of hydrogen-bond acceptors (Lipinski definition) is 5. The summed E-state index contributed by atoms with van der Waals surface area (Å²) >= 11 is 1.35. The van der Waals surface area contributed by atoms with E-state index in [9.17, 15) is 4.79 Å². The quantitative estimate of drug-likeness (QED) is 0.789. The maximum atomic E-state index is 12.4. The van der Waals surface area contributed by atoms with Gasteiger partial charge in [0.05, 0.1) is 21.3 Å². The van der Waals surface area contributed by atoms with Crippen molar-refractivity contribution in [2.75, 3.05) is 21.3 Å². The van der Waals surface area contributed by atoms with Gasteiger partial charge < -0.3 is 14.2 Å². The van der Waals surface area contributed by atoms with E-state index < -0.39 is 0 Å². The van der Waals surface area contributed by atoms with Crippen molar-refractivity contribution in [1.82, 2.24) is 0 Å². The second-order valence-electron chi connectivity index (χ2n) is 3.75. The van der Waals surface area contributed by atoms with Crippen LogP contribution >= 0.6 is 11.3 Å². The van der Waals surface area contributed by atoms with Gasteiger partial charge in [0.2, 0.25) is 5.78 Å². The van der Waals surface area contributed by atoms with Gasteiger partial charge in [0.1, 0.15) is 22.1 Å². The summed E-state index contributed by atoms with van der Waals surface area (Å²) in [5.41, 5.74) is 0.511. The molecule has 0 amide bonds. The van der Waals surface area contributed by atoms with Gasteiger partial charge in [-0.05, 0) is 23.6 Å². The van der Waals surface area contributed by atoms with Crippen LogP contribution in [0, 0.1) is 0 Å². The Hall–Kier alpha value is -2.01. The molecular formula is C14H14O4S. The van der Waals surface area contributed by atoms with E-state index in [0.717, 1.165) is 0 Å². The summed E-state index contributed by atoms with van der Waals surface area (Å²) in [6, 6.07) is 6.87. The van der Waals surface area contributed by atoms with Crippen LogP contribution in [0.5, 0.6) is 17.2 Å². The van der Waals surface area contributed by atoms with E-state index in [2.05, 4.69) is 0 Å². The summed E-state index contributed by atoms with van der Waals surface area (Å²) in [4.78, 5) is 13.0. The molecular weight excluding hydrogens is 264 g/mol. The van der Waals surface area contributed by atoms with E-state index in [1.54, 1.807) is 45.6 Å². The number of methoxy groups -OCH3 is 3. The van der Waals surface area contributed by atoms with Crippen molar-refractivity contribution in [3.63, 3.8) is 0 Å². The number of ether oxygens (including phenoxy) is 3. The van der Waals surface area contributed by atoms with Crippen molar-refractivity contribution in [1.29, 1.82) is 0 Å². The first kappa shape index (κ1) is 13.4. The third kappa shape index (κ3) is 2.71. The highest BCUT2D eigenvalue weighted by atomic mass is 32.1. The van der Waals surface area contributed by atoms with Crippen molar-refractivity contribution in [2.45, 2.75) is 0 Å². The molecule has 5 heteroatoms. The topological polar surface area (TPSA) is 44.8 Å². The molecule has 19 heavy (non-hydrogen) atoms. The molecule has 4 nitrogen and oxygen atoms in total. The summed E-state index contributed by atoms with van der Waals surface area (Å²) in [5.74, 6) is 1.64. The van der Waals surface area contributed by atoms with E-state index in [1.807, 2.05) is 5.38 Å². The van der Waals surface area contributed by atoms with E-state index in [4.69, 9.17) is 14.2 Å². The van der Waals surface area contributed by atoms with Gasteiger partial charge in [-0.15, -0.1) is 11.3 Å². The van der Waals surface area contributed by atoms with E-state index in [0.29, 0.717) is 27.7 Å². The lowest BCUT2D eigenvalue weighted by molar-refractivity contribution is 0.103. The molecule has 100 valence electrons. The number of carbonyl (C=O) groups is 1. The molecule has 2 aromatic rings. The molecule has 0 saturated carbocycles. The SMILES string of the molecule is COc1cc(OC)cc(C(=O)c2sccc2OC)c1. The van der Waals surface area contributed by atoms with Gasteiger partial charge in [0, 0.05) is 11.6 Å². The zero-order valence-electron chi connectivity index (χ0n) is 10.9. The fourth-order valence-corrected chi connectivity index (χ4v) is 2.51. The molecule has 0 atom stereocenters. The van der Waals surface area contributed by atoms with Gasteiger partial charge in [-0.3, -0.25) is 4.79 Å². The van der Waals surface area contributed by atoms with Crippen molar-refractivity contribution in [3.8, 4) is 17.2 Å². The molecule has 0 saturated heterocycles. The standard InChI is InChI=1S/C14H14O4S/c1-16-10-6-9(7-11(8-10)17-2)13(15)14-12(18-3)4-5-19-14/h4-8H,1-3H3. The summed E-state index contributed by atoms with van der Waals surface area (Å²) in [7, 11) is 4.65. The second-order valence-corrected chi connectivity index (χ2v) is 4.66. The number of thiophene rings is 1. The van der Waals surface area contributed by atoms with E-state index >= 15 is 0 Å². The fraction of sp³-hybridized carbons (Fsp3) is 0.214. The average molecular weight is 278 g/mol. The molecule has 0 radical (unpaired) electrons. The van der Waals surface area contributed by atoms with Crippen molar-refractivity contribution in [2.24, 2.45) is 0 Å². The highest BCUT2D eigenvalue weighted by Crippen LogP contribution is 2.30. The lowest BCUT2D eigenvalue weighted by atomic mass is 10.1. The van der Waals surface area contributed by atoms with Crippen LogP contribution in [0.25, 0.3) is 0 Å². The van der Waals surface area contributed by atoms with Crippen LogP contribution in [0.1, 0.15) is 15.2 Å². The lowest BCUT2D eigenvalue weighted by Crippen LogP contribution is -2.02. The molecule has 2 rings (SSSR count). The molecule has 1 aromatic carbocycles. The Morgan fingerprint density at radius 3 is 2.16 bits per heavy atom. The minimum Gasteiger partial charge on any atom is -0.497 e. The van der Waals surface area contributed by atoms with Crippen LogP contribution in [0.15, 0.2) is 29.6 Å². The molecule has 1 heterocycles. The maximum absolute atomic E-state index is 12.4. The van der Waals surface area contributed by atoms with Crippen LogP contribution in [0.4, 0.5) is 0 Å². The predicted molar refractivity (Wildman–Crippen MR) is 73.8 cm³/mol. The third-order valence-electron chi connectivity index (χ3n) is 2.67. The van der Waals surface area contributed by atoms with Gasteiger partial charge in [-0.2, -0.15) is 0 Å². The predicted octanol–water partition coefficient (Wildman–Crippen LogP) is 3.00. The number of benzene rings is 1. The Morgan fingerprint density at radius 1 is 1.00 bits per heavy atom. The van der Waals surface area contributed by atoms with Crippen LogP contribution in [0.3, 0.4) is 0 Å². The summed E-state index contributed by atoms with van der Waals surface area (Å²) in [6.45, 7) is 0. The number of hydrogen-bond donors (Lipinski definition) is 0. The number of rotatable bonds is 5. The van der Waals surface area contributed by atoms with Crippen molar-refractivity contribution in [3.05, 3.63) is 40.1 Å². The first-order chi connectivity index (χ1) is 9.19. The Balaban J connectivity index is 2.43. The molecule has 0 aliphatic rings. The van der Waals surface area contributed by atoms with Crippen LogP contribution in [-0.4, -0.2) is 27.1 Å². The number of ketones is 1. The van der Waals surface area contributed by atoms with Crippen LogP contribution in [-0.2, 0) is 0 Å². The molecule has 0 spiro atoms. The number of carbonyl (C=O) groups excluding carboxylic acids is 1. The summed E-state index contributed by atoms with van der Waals surface area (Å²) < 4.78 is 15.5. The summed E-state index contributed by atoms with van der Waals surface area (Å²) in [5, 5.41) is 1.82. The van der Waals surface area contributed by atoms with Crippen LogP contribution < -0.4 is 14.2 Å². The molecule has 0 bridgehead atoms. The first-order valence-electron chi connectivity index (χ1n) is 5.59. The van der Waals surface area contributed by atoms with Gasteiger partial charge in [-0.25, -0.2) is 0 Å². The van der Waals surface area contributed by atoms with Crippen molar-refractivity contribution >= 4 is 17.1 Å². The highest BCUT2D eigenvalue weighted by molar-refractivity contribution is 7.12. The molecule has 0 unspecified atom stereocenters. The summed E-state index contributed by atoms with van der Waals surface area (Å²) in [6.07, 6.45) is 0. The Bertz CT molecular complexity index is 567. The zero-order valence-corrected chi connectivity index (χ0v) is 11.7.